The molecule has 0 saturated carbocycles. The van der Waals surface area contributed by atoms with E-state index >= 15 is 0 Å². The molecule has 0 amide bonds. The summed E-state index contributed by atoms with van der Waals surface area (Å²) < 4.78 is 27.8. The second-order valence-corrected chi connectivity index (χ2v) is 13.6. The minimum atomic E-state index is 0. The van der Waals surface area contributed by atoms with Crippen LogP contribution in [0.15, 0.2) is 179 Å². The SMILES string of the molecule is Cn1ccnc1-n1[c-]c(Oc2[c-]n(-c3nccn3C)c3c(-c4ccccc4)cccc3c3ccccc3o2)oc2ccccc2c2cccc(-c3ccccc3)c21.[Pt+2]. The molecule has 10 aromatic rings. The Kier molecular flexibility index (Phi) is 9.73. The van der Waals surface area contributed by atoms with Gasteiger partial charge in [0.15, 0.2) is 0 Å². The number of fused-ring (bicyclic) bond motifs is 6. The first kappa shape index (κ1) is 36.5. The molecule has 0 atom stereocenters. The van der Waals surface area contributed by atoms with E-state index in [1.807, 2.05) is 130 Å². The third kappa shape index (κ3) is 6.55. The van der Waals surface area contributed by atoms with Gasteiger partial charge in [-0.1, -0.05) is 133 Å². The maximum Gasteiger partial charge on any atom is 2.00 e. The summed E-state index contributed by atoms with van der Waals surface area (Å²) in [5.41, 5.74) is 6.89. The van der Waals surface area contributed by atoms with E-state index in [2.05, 4.69) is 73.1 Å². The van der Waals surface area contributed by atoms with Gasteiger partial charge in [0.05, 0.1) is 0 Å². The first-order chi connectivity index (χ1) is 28.1. The average molecular weight is 938 g/mol. The van der Waals surface area contributed by atoms with E-state index in [1.165, 1.54) is 0 Å². The number of aromatic nitrogens is 6. The molecule has 0 N–H and O–H groups in total. The minimum Gasteiger partial charge on any atom is -0.442 e. The van der Waals surface area contributed by atoms with Crippen molar-refractivity contribution in [1.82, 2.24) is 28.2 Å². The molecule has 0 fully saturated rings. The third-order valence-corrected chi connectivity index (χ3v) is 10.0. The molecular formula is C48H34N6O3Pt. The Morgan fingerprint density at radius 1 is 0.466 bits per heavy atom. The van der Waals surface area contributed by atoms with Gasteiger partial charge in [-0.25, -0.2) is 0 Å². The molecule has 10 rings (SSSR count). The molecule has 0 saturated heterocycles. The maximum absolute atomic E-state index is 6.78. The predicted molar refractivity (Wildman–Crippen MR) is 223 cm³/mol. The molecule has 0 bridgehead atoms. The second-order valence-electron chi connectivity index (χ2n) is 13.6. The number of ether oxygens (including phenoxy) is 1. The molecule has 0 radical (unpaired) electrons. The first-order valence-corrected chi connectivity index (χ1v) is 18.5. The van der Waals surface area contributed by atoms with Crippen molar-refractivity contribution in [1.29, 1.82) is 0 Å². The fourth-order valence-electron chi connectivity index (χ4n) is 7.42. The van der Waals surface area contributed by atoms with E-state index in [0.29, 0.717) is 23.1 Å². The van der Waals surface area contributed by atoms with Gasteiger partial charge in [0, 0.05) is 49.7 Å². The fraction of sp³-hybridized carbons (Fsp3) is 0.0417. The summed E-state index contributed by atoms with van der Waals surface area (Å²) in [7, 11) is 3.89. The van der Waals surface area contributed by atoms with Crippen molar-refractivity contribution < 1.29 is 34.6 Å². The molecule has 0 spiro atoms. The van der Waals surface area contributed by atoms with E-state index in [1.54, 1.807) is 12.4 Å². The van der Waals surface area contributed by atoms with Crippen molar-refractivity contribution in [2.75, 3.05) is 0 Å². The van der Waals surface area contributed by atoms with Crippen LogP contribution in [-0.2, 0) is 35.2 Å². The first-order valence-electron chi connectivity index (χ1n) is 18.5. The van der Waals surface area contributed by atoms with Gasteiger partial charge >= 0.3 is 21.1 Å². The van der Waals surface area contributed by atoms with Crippen molar-refractivity contribution in [3.05, 3.63) is 183 Å². The van der Waals surface area contributed by atoms with Crippen LogP contribution in [0.4, 0.5) is 0 Å². The summed E-state index contributed by atoms with van der Waals surface area (Å²) in [6.45, 7) is 0. The van der Waals surface area contributed by atoms with Gasteiger partial charge in [-0.05, 0) is 68.6 Å². The number of hydrogen-bond acceptors (Lipinski definition) is 5. The Morgan fingerprint density at radius 3 is 1.28 bits per heavy atom. The number of hydrogen-bond donors (Lipinski definition) is 0. The predicted octanol–water partition coefficient (Wildman–Crippen LogP) is 11.5. The van der Waals surface area contributed by atoms with Gasteiger partial charge < -0.3 is 31.8 Å². The molecule has 9 nitrogen and oxygen atoms in total. The third-order valence-electron chi connectivity index (χ3n) is 10.0. The zero-order valence-electron chi connectivity index (χ0n) is 31.4. The molecule has 0 aliphatic rings. The summed E-state index contributed by atoms with van der Waals surface area (Å²) in [4.78, 5) is 9.58. The molecule has 0 unspecified atom stereocenters. The number of rotatable bonds is 6. The smallest absolute Gasteiger partial charge is 0.442 e. The molecule has 10 heteroatoms. The van der Waals surface area contributed by atoms with E-state index < -0.39 is 0 Å². The summed E-state index contributed by atoms with van der Waals surface area (Å²) in [5.74, 6) is 1.22. The van der Waals surface area contributed by atoms with E-state index in [9.17, 15) is 0 Å². The maximum atomic E-state index is 6.78. The molecule has 284 valence electrons. The quantitative estimate of drug-likeness (QED) is 0.155. The van der Waals surface area contributed by atoms with E-state index in [4.69, 9.17) is 23.5 Å². The van der Waals surface area contributed by atoms with Crippen LogP contribution in [0.5, 0.6) is 11.9 Å². The van der Waals surface area contributed by atoms with Crippen LogP contribution in [0.25, 0.3) is 77.9 Å². The topological polar surface area (TPSA) is 81.0 Å². The standard InChI is InChI=1S/C48H34N6O3.Pt/c1-51-29-27-49-47(51)53-31-43(55-41-25-11-9-19-37(41)39-23-13-21-35(45(39)53)33-15-5-3-6-16-33)57-44-32-54(48-50-28-30-52(48)2)46-36(34-17-7-4-8-18-34)22-14-24-40(46)38-20-10-12-26-42(38)56-44;/h3-30H,1-2H3;/q-2;+2. The van der Waals surface area contributed by atoms with Gasteiger partial charge in [0.25, 0.3) is 0 Å². The molecule has 4 heterocycles. The molecule has 0 aliphatic heterocycles. The van der Waals surface area contributed by atoms with Crippen molar-refractivity contribution in [2.45, 2.75) is 0 Å². The minimum absolute atomic E-state index is 0. The Bertz CT molecular complexity index is 2990. The second kappa shape index (κ2) is 15.4. The Hall–Kier alpha value is -7.09. The monoisotopic (exact) mass is 937 g/mol. The zero-order chi connectivity index (χ0) is 38.3. The van der Waals surface area contributed by atoms with Crippen molar-refractivity contribution in [3.8, 4) is 46.0 Å². The molecular weight excluding hydrogens is 904 g/mol. The largest absolute Gasteiger partial charge is 2.00 e. The number of para-hydroxylation sites is 4. The number of benzene rings is 6. The molecule has 0 aliphatic carbocycles. The van der Waals surface area contributed by atoms with Crippen LogP contribution < -0.4 is 4.74 Å². The molecule has 6 aromatic carbocycles. The van der Waals surface area contributed by atoms with Crippen LogP contribution in [-0.4, -0.2) is 28.2 Å². The van der Waals surface area contributed by atoms with Crippen LogP contribution >= 0.6 is 0 Å². The number of imidazole rings is 2. The number of nitrogens with zero attached hydrogens (tertiary/aromatic N) is 6. The van der Waals surface area contributed by atoms with Crippen molar-refractivity contribution in [2.24, 2.45) is 14.1 Å². The Morgan fingerprint density at radius 2 is 0.862 bits per heavy atom. The summed E-state index contributed by atoms with van der Waals surface area (Å²) in [5, 5.41) is 3.61. The van der Waals surface area contributed by atoms with Crippen molar-refractivity contribution in [3.63, 3.8) is 0 Å². The van der Waals surface area contributed by atoms with E-state index in [0.717, 1.165) is 54.8 Å². The summed E-state index contributed by atoms with van der Waals surface area (Å²) in [6.07, 6.45) is 14.3. The average Bonchev–Trinajstić information content (AvgIpc) is 3.88. The summed E-state index contributed by atoms with van der Waals surface area (Å²) >= 11 is 0. The normalized spacial score (nSPS) is 11.1. The van der Waals surface area contributed by atoms with Gasteiger partial charge in [0.1, 0.15) is 23.1 Å². The molecule has 4 aromatic heterocycles. The van der Waals surface area contributed by atoms with Gasteiger partial charge in [0.2, 0.25) is 11.9 Å². The van der Waals surface area contributed by atoms with Crippen LogP contribution in [0.1, 0.15) is 0 Å². The van der Waals surface area contributed by atoms with Gasteiger partial charge in [-0.2, -0.15) is 0 Å². The number of aryl methyl sites for hydroxylation is 2. The summed E-state index contributed by atoms with van der Waals surface area (Å²) in [6, 6.07) is 48.9. The van der Waals surface area contributed by atoms with E-state index in [-0.39, 0.29) is 33.0 Å². The van der Waals surface area contributed by atoms with Crippen LogP contribution in [0.3, 0.4) is 0 Å². The molecule has 58 heavy (non-hydrogen) atoms. The zero-order valence-corrected chi connectivity index (χ0v) is 33.7. The fourth-order valence-corrected chi connectivity index (χ4v) is 7.42. The Balaban J connectivity index is 0.00000436. The van der Waals surface area contributed by atoms with Crippen molar-refractivity contribution >= 4 is 43.7 Å². The van der Waals surface area contributed by atoms with Crippen LogP contribution in [0.2, 0.25) is 0 Å². The Labute approximate surface area is 347 Å². The van der Waals surface area contributed by atoms with Gasteiger partial charge in [-0.15, -0.1) is 0 Å². The van der Waals surface area contributed by atoms with Crippen LogP contribution in [0, 0.1) is 12.4 Å². The van der Waals surface area contributed by atoms with Gasteiger partial charge in [-0.3, -0.25) is 9.97 Å².